The summed E-state index contributed by atoms with van der Waals surface area (Å²) < 4.78 is 8.23. The molecule has 0 spiro atoms. The molecule has 13 nitrogen and oxygen atoms in total. The Balaban J connectivity index is 0.00000205. The lowest BCUT2D eigenvalue weighted by Gasteiger charge is -2.35. The molecule has 1 aliphatic carbocycles. The first kappa shape index (κ1) is 50.2. The van der Waals surface area contributed by atoms with E-state index in [1.54, 1.807) is 0 Å². The van der Waals surface area contributed by atoms with E-state index >= 15 is 0 Å². The summed E-state index contributed by atoms with van der Waals surface area (Å²) in [7, 11) is 2.14. The third-order valence-electron chi connectivity index (χ3n) is 12.1. The highest BCUT2D eigenvalue weighted by Crippen LogP contribution is 2.43. The quantitative estimate of drug-likeness (QED) is 0.243. The fourth-order valence-corrected chi connectivity index (χ4v) is 9.35. The second kappa shape index (κ2) is 19.9. The summed E-state index contributed by atoms with van der Waals surface area (Å²) in [6.07, 6.45) is 6.51. The van der Waals surface area contributed by atoms with Crippen LogP contribution in [-0.2, 0) is 37.5 Å². The maximum atomic E-state index is 14.1. The molecule has 4 aromatic rings. The predicted molar refractivity (Wildman–Crippen MR) is 262 cm³/mol. The first-order chi connectivity index (χ1) is 27.2. The van der Waals surface area contributed by atoms with Crippen molar-refractivity contribution < 1.29 is 19.1 Å². The highest BCUT2D eigenvalue weighted by Gasteiger charge is 2.42. The van der Waals surface area contributed by atoms with E-state index in [-0.39, 0.29) is 90.7 Å². The molecule has 4 aliphatic rings. The number of hydrazine groups is 1. The van der Waals surface area contributed by atoms with Crippen molar-refractivity contribution in [2.24, 2.45) is 17.3 Å². The Bertz CT molecular complexity index is 2270. The van der Waals surface area contributed by atoms with Gasteiger partial charge in [-0.25, -0.2) is 10.4 Å². The third kappa shape index (κ3) is 10.5. The van der Waals surface area contributed by atoms with E-state index < -0.39 is 29.0 Å². The number of ether oxygens (including phenoxy) is 1. The molecule has 0 unspecified atom stereocenters. The Labute approximate surface area is 391 Å². The van der Waals surface area contributed by atoms with Crippen LogP contribution >= 0.6 is 65.3 Å². The Hall–Kier alpha value is -3.44. The number of anilines is 1. The number of nitrogens with zero attached hydrogens (tertiary/aromatic N) is 7. The van der Waals surface area contributed by atoms with Crippen LogP contribution in [0.15, 0.2) is 42.0 Å². The normalized spacial score (nSPS) is 22.8. The molecule has 4 atom stereocenters. The Kier molecular flexibility index (Phi) is 16.4. The summed E-state index contributed by atoms with van der Waals surface area (Å²) in [5, 5.41) is 18.9. The maximum absolute atomic E-state index is 14.1. The summed E-state index contributed by atoms with van der Waals surface area (Å²) in [4.78, 5) is 55.6. The van der Waals surface area contributed by atoms with E-state index in [2.05, 4.69) is 70.3 Å². The average Bonchev–Trinajstić information content (AvgIpc) is 3.61. The van der Waals surface area contributed by atoms with Crippen LogP contribution in [0.2, 0.25) is 0 Å². The van der Waals surface area contributed by atoms with Crippen molar-refractivity contribution in [3.8, 4) is 28.6 Å². The molecule has 2 amide bonds. The van der Waals surface area contributed by atoms with Gasteiger partial charge >= 0.3 is 5.97 Å². The standard InChI is InChI=1S/C43H53N9O4S.4H2S/c1-26-16-30(26)39(53)47-34-19-37-46-35(23-57-37)27-9-10-36-31(18-27)32(20-42(2,3)25-56-41(55)33-8-7-11-51(48-33)40(34)54)38(52(36)43(4,5)24-44)28-17-29(22-45-21-28)50-14-12-49(6)13-15-50;;;;/h9-10,17-18,21-23,26,30,33-34,48H,7-8,11-16,19-20,25H2,1-6H3,(H,47,53);4*1H2/t26-,30-,33-,34-;;;;/m0..../s1. The van der Waals surface area contributed by atoms with Crippen molar-refractivity contribution in [2.75, 3.05) is 51.3 Å². The fraction of sp³-hybridized carbons (Fsp3) is 0.535. The zero-order valence-corrected chi connectivity index (χ0v) is 40.6. The second-order valence-electron chi connectivity index (χ2n) is 17.8. The number of rotatable bonds is 5. The summed E-state index contributed by atoms with van der Waals surface area (Å²) in [5.74, 6) is -0.657. The van der Waals surface area contributed by atoms with Gasteiger partial charge in [-0.3, -0.25) is 24.4 Å². The van der Waals surface area contributed by atoms with Crippen LogP contribution in [0, 0.1) is 28.6 Å². The van der Waals surface area contributed by atoms with Gasteiger partial charge in [0, 0.05) is 78.6 Å². The number of piperazine rings is 1. The monoisotopic (exact) mass is 927 g/mol. The first-order valence-electron chi connectivity index (χ1n) is 20.2. The lowest BCUT2D eigenvalue weighted by molar-refractivity contribution is -0.155. The summed E-state index contributed by atoms with van der Waals surface area (Å²) in [6, 6.07) is 9.48. The number of cyclic esters (lactones) is 1. The number of pyridine rings is 1. The van der Waals surface area contributed by atoms with Crippen molar-refractivity contribution in [1.29, 1.82) is 5.26 Å². The van der Waals surface area contributed by atoms with Gasteiger partial charge in [0.15, 0.2) is 0 Å². The van der Waals surface area contributed by atoms with Gasteiger partial charge in [0.2, 0.25) is 5.91 Å². The van der Waals surface area contributed by atoms with Crippen molar-refractivity contribution in [1.82, 2.24) is 35.2 Å². The smallest absolute Gasteiger partial charge is 0.324 e. The molecule has 3 fully saturated rings. The topological polar surface area (TPSA) is 149 Å². The molecular weight excluding hydrogens is 867 g/mol. The van der Waals surface area contributed by atoms with Gasteiger partial charge in [-0.2, -0.15) is 59.2 Å². The van der Waals surface area contributed by atoms with Gasteiger partial charge in [0.05, 0.1) is 46.5 Å². The molecule has 2 saturated heterocycles. The molecule has 2 N–H and O–H groups in total. The molecule has 332 valence electrons. The second-order valence-corrected chi connectivity index (χ2v) is 18.7. The predicted octanol–water partition coefficient (Wildman–Crippen LogP) is 5.59. The van der Waals surface area contributed by atoms with Crippen LogP contribution in [0.1, 0.15) is 64.5 Å². The van der Waals surface area contributed by atoms with E-state index in [0.29, 0.717) is 25.8 Å². The number of hydrogen-bond acceptors (Lipinski definition) is 11. The number of esters is 1. The number of likely N-dealkylation sites (N-methyl/N-ethyl adjacent to an activating group) is 1. The largest absolute Gasteiger partial charge is 0.464 e. The number of nitrogens with one attached hydrogen (secondary N) is 2. The highest BCUT2D eigenvalue weighted by atomic mass is 32.1. The van der Waals surface area contributed by atoms with Gasteiger partial charge in [-0.1, -0.05) is 26.8 Å². The minimum Gasteiger partial charge on any atom is -0.464 e. The Morgan fingerprint density at radius 3 is 2.46 bits per heavy atom. The number of aromatic nitrogens is 3. The zero-order chi connectivity index (χ0) is 40.2. The van der Waals surface area contributed by atoms with Crippen LogP contribution in [-0.4, -0.2) is 101 Å². The van der Waals surface area contributed by atoms with Crippen molar-refractivity contribution >= 4 is 99.7 Å². The van der Waals surface area contributed by atoms with Crippen LogP contribution in [0.4, 0.5) is 5.69 Å². The van der Waals surface area contributed by atoms with Crippen molar-refractivity contribution in [2.45, 2.75) is 84.3 Å². The zero-order valence-electron chi connectivity index (χ0n) is 35.8. The number of nitriles is 1. The minimum absolute atomic E-state index is 0. The lowest BCUT2D eigenvalue weighted by Crippen LogP contribution is -2.60. The maximum Gasteiger partial charge on any atom is 0.324 e. The number of carbonyl (C=O) groups excluding carboxylic acids is 3. The molecule has 1 aromatic carbocycles. The van der Waals surface area contributed by atoms with Crippen LogP contribution in [0.5, 0.6) is 0 Å². The molecule has 6 bridgehead atoms. The molecule has 3 aromatic heterocycles. The molecule has 6 heterocycles. The van der Waals surface area contributed by atoms with E-state index in [1.165, 1.54) is 16.3 Å². The lowest BCUT2D eigenvalue weighted by atomic mass is 9.84. The molecule has 3 aliphatic heterocycles. The molecular formula is C43H61N9O4S5. The molecule has 0 radical (unpaired) electrons. The van der Waals surface area contributed by atoms with Crippen molar-refractivity contribution in [3.05, 3.63) is 52.6 Å². The fourth-order valence-electron chi connectivity index (χ4n) is 8.50. The van der Waals surface area contributed by atoms with E-state index in [1.807, 2.05) is 44.6 Å². The van der Waals surface area contributed by atoms with Gasteiger partial charge < -0.3 is 24.4 Å². The molecule has 8 rings (SSSR count). The number of thiazole rings is 1. The van der Waals surface area contributed by atoms with E-state index in [0.717, 1.165) is 82.3 Å². The molecule has 18 heteroatoms. The van der Waals surface area contributed by atoms with E-state index in [4.69, 9.17) is 14.7 Å². The molecule has 1 saturated carbocycles. The first-order valence-corrected chi connectivity index (χ1v) is 21.1. The number of amides is 2. The van der Waals surface area contributed by atoms with Gasteiger partial charge in [-0.05, 0) is 76.3 Å². The average molecular weight is 928 g/mol. The van der Waals surface area contributed by atoms with Crippen LogP contribution < -0.4 is 15.6 Å². The highest BCUT2D eigenvalue weighted by molar-refractivity contribution is 7.59. The van der Waals surface area contributed by atoms with Crippen LogP contribution in [0.25, 0.3) is 33.4 Å². The van der Waals surface area contributed by atoms with E-state index in [9.17, 15) is 19.6 Å². The third-order valence-corrected chi connectivity index (χ3v) is 12.9. The summed E-state index contributed by atoms with van der Waals surface area (Å²) in [5.41, 5.74) is 8.17. The Morgan fingerprint density at radius 1 is 1.05 bits per heavy atom. The number of fused-ring (bicyclic) bond motifs is 6. The number of benzene rings is 1. The minimum atomic E-state index is -0.931. The molecule has 61 heavy (non-hydrogen) atoms. The van der Waals surface area contributed by atoms with Gasteiger partial charge in [0.25, 0.3) is 5.91 Å². The Morgan fingerprint density at radius 2 is 1.77 bits per heavy atom. The van der Waals surface area contributed by atoms with Crippen molar-refractivity contribution in [3.63, 3.8) is 0 Å². The summed E-state index contributed by atoms with van der Waals surface area (Å²) >= 11 is 1.46. The SMILES string of the molecule is C[C@H]1C[C@@H]1C(=O)N[C@H]1Cc2nc(cs2)-c2ccc3c(c2)c(c(-c2cncc(N4CCN(C)CC4)c2)n3C(C)(C)C#N)CC(C)(C)COC(=O)[C@@H]2CCCN(N2)C1=O.S.S.S.S. The number of carbonyl (C=O) groups is 3. The summed E-state index contributed by atoms with van der Waals surface area (Å²) in [6.45, 7) is 14.4. The van der Waals surface area contributed by atoms with Crippen LogP contribution in [0.3, 0.4) is 0 Å². The van der Waals surface area contributed by atoms with Gasteiger partial charge in [-0.15, -0.1) is 11.3 Å². The number of hydrogen-bond donors (Lipinski definition) is 2. The van der Waals surface area contributed by atoms with Gasteiger partial charge in [0.1, 0.15) is 17.6 Å².